The Kier molecular flexibility index (Phi) is 5.44. The van der Waals surface area contributed by atoms with Crippen LogP contribution in [0.3, 0.4) is 0 Å². The Morgan fingerprint density at radius 2 is 1.88 bits per heavy atom. The number of aryl methyl sites for hydroxylation is 1. The van der Waals surface area contributed by atoms with E-state index in [9.17, 15) is 9.90 Å². The van der Waals surface area contributed by atoms with E-state index in [-0.39, 0.29) is 24.3 Å². The normalized spacial score (nSPS) is 12.9. The monoisotopic (exact) mass is 329 g/mol. The molecule has 0 bridgehead atoms. The van der Waals surface area contributed by atoms with Crippen LogP contribution >= 0.6 is 0 Å². The number of aliphatic hydroxyl groups is 1. The fraction of sp³-hybridized carbons (Fsp3) is 0.474. The average Bonchev–Trinajstić information content (AvgIpc) is 2.80. The van der Waals surface area contributed by atoms with Gasteiger partial charge in [-0.1, -0.05) is 39.0 Å². The summed E-state index contributed by atoms with van der Waals surface area (Å²) in [5.74, 6) is -0.0999. The van der Waals surface area contributed by atoms with Crippen LogP contribution < -0.4 is 5.32 Å². The number of hydrogen-bond acceptors (Lipinski definition) is 3. The molecule has 0 aliphatic rings. The first-order valence-corrected chi connectivity index (χ1v) is 8.25. The largest absolute Gasteiger partial charge is 0.391 e. The number of aliphatic hydroxyl groups excluding tert-OH is 1. The number of nitrogens with one attached hydrogen (secondary N) is 1. The van der Waals surface area contributed by atoms with Crippen LogP contribution in [-0.4, -0.2) is 33.4 Å². The molecule has 2 N–H and O–H groups in total. The Hall–Kier alpha value is -2.14. The number of benzene rings is 1. The van der Waals surface area contributed by atoms with Gasteiger partial charge in [0.1, 0.15) is 0 Å². The minimum Gasteiger partial charge on any atom is -0.391 e. The zero-order valence-electron chi connectivity index (χ0n) is 15.1. The third kappa shape index (κ3) is 4.23. The van der Waals surface area contributed by atoms with Crippen molar-refractivity contribution in [2.75, 3.05) is 6.54 Å². The summed E-state index contributed by atoms with van der Waals surface area (Å²) in [7, 11) is 0. The molecule has 1 unspecified atom stereocenters. The van der Waals surface area contributed by atoms with Crippen molar-refractivity contribution in [3.63, 3.8) is 0 Å². The lowest BCUT2D eigenvalue weighted by molar-refractivity contribution is -0.121. The predicted molar refractivity (Wildman–Crippen MR) is 95.2 cm³/mol. The molecular formula is C19H27N3O2. The highest BCUT2D eigenvalue weighted by atomic mass is 16.3. The van der Waals surface area contributed by atoms with Crippen molar-refractivity contribution in [2.45, 2.75) is 47.1 Å². The topological polar surface area (TPSA) is 67.2 Å². The molecule has 5 heteroatoms. The molecule has 1 aromatic carbocycles. The molecule has 0 fully saturated rings. The van der Waals surface area contributed by atoms with Gasteiger partial charge in [0.25, 0.3) is 0 Å². The van der Waals surface area contributed by atoms with E-state index in [0.717, 1.165) is 22.6 Å². The summed E-state index contributed by atoms with van der Waals surface area (Å²) in [4.78, 5) is 12.2. The summed E-state index contributed by atoms with van der Waals surface area (Å²) in [5, 5.41) is 17.4. The molecule has 2 aromatic rings. The Balaban J connectivity index is 2.08. The van der Waals surface area contributed by atoms with Crippen molar-refractivity contribution in [1.82, 2.24) is 15.1 Å². The fourth-order valence-electron chi connectivity index (χ4n) is 2.49. The molecule has 130 valence electrons. The molecule has 2 rings (SSSR count). The van der Waals surface area contributed by atoms with Crippen LogP contribution in [0.25, 0.3) is 5.69 Å². The van der Waals surface area contributed by atoms with Gasteiger partial charge in [0, 0.05) is 17.8 Å². The van der Waals surface area contributed by atoms with E-state index in [1.54, 1.807) is 0 Å². The van der Waals surface area contributed by atoms with Crippen LogP contribution in [0.2, 0.25) is 0 Å². The van der Waals surface area contributed by atoms with Gasteiger partial charge < -0.3 is 10.4 Å². The van der Waals surface area contributed by atoms with Gasteiger partial charge >= 0.3 is 0 Å². The molecule has 0 saturated carbocycles. The maximum Gasteiger partial charge on any atom is 0.224 e. The van der Waals surface area contributed by atoms with Gasteiger partial charge in [-0.3, -0.25) is 4.79 Å². The molecule has 5 nitrogen and oxygen atoms in total. The minimum atomic E-state index is -0.573. The lowest BCUT2D eigenvalue weighted by atomic mass is 9.89. The van der Waals surface area contributed by atoms with Gasteiger partial charge in [-0.05, 0) is 31.4 Å². The van der Waals surface area contributed by atoms with Crippen LogP contribution in [0.5, 0.6) is 0 Å². The summed E-state index contributed by atoms with van der Waals surface area (Å²) < 4.78 is 1.86. The highest BCUT2D eigenvalue weighted by Gasteiger charge is 2.23. The standard InChI is InChI=1S/C19H27N3O2/c1-13-16(11-18(24)20-12-17(23)19(3,4)5)14(2)22(21-13)15-9-7-6-8-10-15/h6-10,17,23H,11-12H2,1-5H3,(H,20,24). The molecule has 1 aromatic heterocycles. The molecular weight excluding hydrogens is 302 g/mol. The van der Waals surface area contributed by atoms with E-state index in [4.69, 9.17) is 0 Å². The van der Waals surface area contributed by atoms with Crippen molar-refractivity contribution in [1.29, 1.82) is 0 Å². The molecule has 1 amide bonds. The second-order valence-corrected chi connectivity index (χ2v) is 7.26. The average molecular weight is 329 g/mol. The van der Waals surface area contributed by atoms with Gasteiger partial charge in [-0.25, -0.2) is 4.68 Å². The number of amides is 1. The first-order chi connectivity index (χ1) is 11.2. The minimum absolute atomic E-state index is 0.0999. The zero-order chi connectivity index (χ0) is 17.9. The maximum absolute atomic E-state index is 12.2. The van der Waals surface area contributed by atoms with Crippen molar-refractivity contribution in [3.8, 4) is 5.69 Å². The molecule has 0 aliphatic carbocycles. The molecule has 0 radical (unpaired) electrons. The summed E-state index contributed by atoms with van der Waals surface area (Å²) >= 11 is 0. The van der Waals surface area contributed by atoms with Gasteiger partial charge in [-0.2, -0.15) is 5.10 Å². The fourth-order valence-corrected chi connectivity index (χ4v) is 2.49. The molecule has 1 atom stereocenters. The second kappa shape index (κ2) is 7.18. The molecule has 0 saturated heterocycles. The van der Waals surface area contributed by atoms with Crippen LogP contribution in [0.15, 0.2) is 30.3 Å². The number of nitrogens with zero attached hydrogens (tertiary/aromatic N) is 2. The van der Waals surface area contributed by atoms with E-state index in [0.29, 0.717) is 0 Å². The third-order valence-corrected chi connectivity index (χ3v) is 4.27. The highest BCUT2D eigenvalue weighted by molar-refractivity contribution is 5.79. The van der Waals surface area contributed by atoms with Crippen LogP contribution in [0.4, 0.5) is 0 Å². The van der Waals surface area contributed by atoms with Gasteiger partial charge in [0.15, 0.2) is 0 Å². The van der Waals surface area contributed by atoms with Crippen molar-refractivity contribution in [3.05, 3.63) is 47.3 Å². The number of rotatable bonds is 5. The van der Waals surface area contributed by atoms with E-state index < -0.39 is 6.10 Å². The Labute approximate surface area is 143 Å². The summed E-state index contributed by atoms with van der Waals surface area (Å²) in [6.45, 7) is 9.98. The molecule has 24 heavy (non-hydrogen) atoms. The highest BCUT2D eigenvalue weighted by Crippen LogP contribution is 2.19. The van der Waals surface area contributed by atoms with E-state index >= 15 is 0 Å². The third-order valence-electron chi connectivity index (χ3n) is 4.27. The van der Waals surface area contributed by atoms with Gasteiger partial charge in [0.05, 0.1) is 23.9 Å². The van der Waals surface area contributed by atoms with E-state index in [2.05, 4.69) is 10.4 Å². The molecule has 0 aliphatic heterocycles. The lowest BCUT2D eigenvalue weighted by Gasteiger charge is -2.25. The molecule has 1 heterocycles. The smallest absolute Gasteiger partial charge is 0.224 e. The van der Waals surface area contributed by atoms with Crippen molar-refractivity contribution in [2.24, 2.45) is 5.41 Å². The quantitative estimate of drug-likeness (QED) is 0.886. The number of carbonyl (C=O) groups is 1. The zero-order valence-corrected chi connectivity index (χ0v) is 15.1. The SMILES string of the molecule is Cc1nn(-c2ccccc2)c(C)c1CC(=O)NCC(O)C(C)(C)C. The Morgan fingerprint density at radius 1 is 1.25 bits per heavy atom. The number of aromatic nitrogens is 2. The van der Waals surface area contributed by atoms with Gasteiger partial charge in [-0.15, -0.1) is 0 Å². The van der Waals surface area contributed by atoms with E-state index in [1.807, 2.05) is 69.6 Å². The van der Waals surface area contributed by atoms with Crippen LogP contribution in [0.1, 0.15) is 37.7 Å². The lowest BCUT2D eigenvalue weighted by Crippen LogP contribution is -2.39. The number of hydrogen-bond donors (Lipinski definition) is 2. The number of carbonyl (C=O) groups excluding carboxylic acids is 1. The van der Waals surface area contributed by atoms with Crippen molar-refractivity contribution < 1.29 is 9.90 Å². The second-order valence-electron chi connectivity index (χ2n) is 7.26. The maximum atomic E-state index is 12.2. The first-order valence-electron chi connectivity index (χ1n) is 8.25. The van der Waals surface area contributed by atoms with Crippen LogP contribution in [0, 0.1) is 19.3 Å². The van der Waals surface area contributed by atoms with E-state index in [1.165, 1.54) is 0 Å². The predicted octanol–water partition coefficient (Wildman–Crippen LogP) is 2.55. The Bertz CT molecular complexity index is 699. The summed E-state index contributed by atoms with van der Waals surface area (Å²) in [5.41, 5.74) is 3.47. The first kappa shape index (κ1) is 18.2. The Morgan fingerprint density at radius 3 is 2.46 bits per heavy atom. The van der Waals surface area contributed by atoms with Crippen molar-refractivity contribution >= 4 is 5.91 Å². The summed E-state index contributed by atoms with van der Waals surface area (Å²) in [6.07, 6.45) is -0.308. The summed E-state index contributed by atoms with van der Waals surface area (Å²) in [6, 6.07) is 9.87. The molecule has 0 spiro atoms. The van der Waals surface area contributed by atoms with Gasteiger partial charge in [0.2, 0.25) is 5.91 Å². The van der Waals surface area contributed by atoms with Crippen LogP contribution in [-0.2, 0) is 11.2 Å². The number of para-hydroxylation sites is 1.